The first-order chi connectivity index (χ1) is 13.6. The Labute approximate surface area is 168 Å². The molecule has 0 radical (unpaired) electrons. The molecule has 2 heterocycles. The Balaban J connectivity index is 1.41. The maximum atomic E-state index is 13.1. The van der Waals surface area contributed by atoms with Crippen LogP contribution in [0.4, 0.5) is 9.52 Å². The second-order valence-corrected chi connectivity index (χ2v) is 8.59. The number of aryl methyl sites for hydroxylation is 1. The summed E-state index contributed by atoms with van der Waals surface area (Å²) in [5.41, 5.74) is 1.91. The van der Waals surface area contributed by atoms with Crippen molar-refractivity contribution in [3.8, 4) is 0 Å². The molecule has 0 unspecified atom stereocenters. The number of halogens is 1. The molecule has 1 aliphatic carbocycles. The third-order valence-electron chi connectivity index (χ3n) is 5.66. The number of aromatic nitrogens is 1. The lowest BCUT2D eigenvalue weighted by atomic mass is 9.94. The summed E-state index contributed by atoms with van der Waals surface area (Å²) in [5, 5.41) is 4.15. The van der Waals surface area contributed by atoms with E-state index in [0.717, 1.165) is 55.2 Å². The predicted molar refractivity (Wildman–Crippen MR) is 109 cm³/mol. The minimum atomic E-state index is -0.211. The van der Waals surface area contributed by atoms with Crippen molar-refractivity contribution in [2.75, 3.05) is 31.2 Å². The highest BCUT2D eigenvalue weighted by molar-refractivity contribution is 7.17. The second-order valence-electron chi connectivity index (χ2n) is 7.61. The van der Waals surface area contributed by atoms with Gasteiger partial charge in [0, 0.05) is 19.1 Å². The summed E-state index contributed by atoms with van der Waals surface area (Å²) in [6.45, 7) is 4.94. The number of ether oxygens (including phenoxy) is 1. The minimum absolute atomic E-state index is 0.0227. The lowest BCUT2D eigenvalue weighted by Gasteiger charge is -2.26. The first-order valence-electron chi connectivity index (χ1n) is 9.95. The molecule has 1 aromatic carbocycles. The summed E-state index contributed by atoms with van der Waals surface area (Å²) in [6, 6.07) is 6.85. The molecule has 1 aliphatic heterocycles. The van der Waals surface area contributed by atoms with Crippen LogP contribution in [0.15, 0.2) is 24.3 Å². The number of carbonyl (C=O) groups is 1. The highest BCUT2D eigenvalue weighted by Crippen LogP contribution is 2.31. The Morgan fingerprint density at radius 3 is 2.79 bits per heavy atom. The van der Waals surface area contributed by atoms with Crippen molar-refractivity contribution >= 4 is 22.4 Å². The molecule has 7 heteroatoms. The van der Waals surface area contributed by atoms with E-state index in [0.29, 0.717) is 24.0 Å². The number of nitrogens with zero attached hydrogens (tertiary/aromatic N) is 2. The number of carbonyl (C=O) groups excluding carboxylic acids is 1. The quantitative estimate of drug-likeness (QED) is 0.829. The molecule has 2 atom stereocenters. The lowest BCUT2D eigenvalue weighted by molar-refractivity contribution is 0.0931. The van der Waals surface area contributed by atoms with Gasteiger partial charge < -0.3 is 15.0 Å². The van der Waals surface area contributed by atoms with Gasteiger partial charge in [0.25, 0.3) is 5.91 Å². The van der Waals surface area contributed by atoms with Crippen LogP contribution in [0.2, 0.25) is 0 Å². The van der Waals surface area contributed by atoms with Crippen molar-refractivity contribution in [3.63, 3.8) is 0 Å². The van der Waals surface area contributed by atoms with Gasteiger partial charge in [-0.2, -0.15) is 0 Å². The van der Waals surface area contributed by atoms with E-state index in [-0.39, 0.29) is 17.8 Å². The van der Waals surface area contributed by atoms with Gasteiger partial charge >= 0.3 is 0 Å². The van der Waals surface area contributed by atoms with E-state index in [4.69, 9.17) is 4.74 Å². The van der Waals surface area contributed by atoms with Crippen molar-refractivity contribution in [1.82, 2.24) is 10.3 Å². The summed E-state index contributed by atoms with van der Waals surface area (Å²) in [7, 11) is 0. The molecule has 1 saturated heterocycles. The van der Waals surface area contributed by atoms with Gasteiger partial charge in [0.1, 0.15) is 10.7 Å². The summed E-state index contributed by atoms with van der Waals surface area (Å²) in [6.07, 6.45) is 4.05. The van der Waals surface area contributed by atoms with E-state index in [1.165, 1.54) is 23.5 Å². The number of hydrogen-bond acceptors (Lipinski definition) is 5. The molecule has 2 aliphatic rings. The van der Waals surface area contributed by atoms with Gasteiger partial charge in [-0.1, -0.05) is 29.9 Å². The molecule has 5 nitrogen and oxygen atoms in total. The number of morpholine rings is 1. The minimum Gasteiger partial charge on any atom is -0.378 e. The fraction of sp³-hybridized carbons (Fsp3) is 0.524. The third kappa shape index (κ3) is 4.36. The molecular weight excluding hydrogens is 377 g/mol. The number of amides is 1. The molecule has 1 aromatic heterocycles. The lowest BCUT2D eigenvalue weighted by Crippen LogP contribution is -2.38. The van der Waals surface area contributed by atoms with Crippen molar-refractivity contribution in [2.24, 2.45) is 5.92 Å². The number of benzene rings is 1. The van der Waals surface area contributed by atoms with Crippen LogP contribution in [0.25, 0.3) is 0 Å². The first kappa shape index (κ1) is 19.3. The maximum Gasteiger partial charge on any atom is 0.263 e. The fourth-order valence-electron chi connectivity index (χ4n) is 4.11. The summed E-state index contributed by atoms with van der Waals surface area (Å²) >= 11 is 1.47. The van der Waals surface area contributed by atoms with Gasteiger partial charge in [-0.25, -0.2) is 9.37 Å². The van der Waals surface area contributed by atoms with Crippen molar-refractivity contribution < 1.29 is 13.9 Å². The molecule has 2 aromatic rings. The van der Waals surface area contributed by atoms with Gasteiger partial charge in [0.15, 0.2) is 5.13 Å². The third-order valence-corrected chi connectivity index (χ3v) is 6.88. The maximum absolute atomic E-state index is 13.1. The molecule has 4 rings (SSSR count). The SMILES string of the molecule is Cc1nc(N2CCOCC2)sc1C(=O)N[C@H]1CCC[C@H]1Cc1ccc(F)cc1. The monoisotopic (exact) mass is 403 g/mol. The topological polar surface area (TPSA) is 54.5 Å². The van der Waals surface area contributed by atoms with Gasteiger partial charge in [-0.3, -0.25) is 4.79 Å². The molecule has 0 bridgehead atoms. The van der Waals surface area contributed by atoms with Crippen LogP contribution in [0.1, 0.15) is 40.2 Å². The van der Waals surface area contributed by atoms with Gasteiger partial charge in [0.2, 0.25) is 0 Å². The van der Waals surface area contributed by atoms with E-state index in [2.05, 4.69) is 15.2 Å². The Morgan fingerprint density at radius 2 is 2.04 bits per heavy atom. The summed E-state index contributed by atoms with van der Waals surface area (Å²) < 4.78 is 18.5. The number of anilines is 1. The smallest absolute Gasteiger partial charge is 0.263 e. The first-order valence-corrected chi connectivity index (χ1v) is 10.8. The molecule has 150 valence electrons. The number of thiazole rings is 1. The van der Waals surface area contributed by atoms with E-state index in [9.17, 15) is 9.18 Å². The normalized spacial score (nSPS) is 22.4. The molecule has 1 N–H and O–H groups in total. The van der Waals surface area contributed by atoms with Crippen LogP contribution in [-0.2, 0) is 11.2 Å². The number of rotatable bonds is 5. The average molecular weight is 404 g/mol. The fourth-order valence-corrected chi connectivity index (χ4v) is 5.13. The zero-order valence-electron chi connectivity index (χ0n) is 16.1. The molecular formula is C21H26FN3O2S. The average Bonchev–Trinajstić information content (AvgIpc) is 3.31. The predicted octanol–water partition coefficient (Wildman–Crippen LogP) is 3.57. The highest BCUT2D eigenvalue weighted by atomic mass is 32.1. The van der Waals surface area contributed by atoms with Crippen LogP contribution in [-0.4, -0.2) is 43.2 Å². The molecule has 28 heavy (non-hydrogen) atoms. The summed E-state index contributed by atoms with van der Waals surface area (Å²) in [4.78, 5) is 20.4. The zero-order valence-corrected chi connectivity index (χ0v) is 16.9. The Morgan fingerprint density at radius 1 is 1.29 bits per heavy atom. The van der Waals surface area contributed by atoms with Crippen LogP contribution in [0.3, 0.4) is 0 Å². The van der Waals surface area contributed by atoms with Crippen LogP contribution in [0.5, 0.6) is 0 Å². The number of hydrogen-bond donors (Lipinski definition) is 1. The van der Waals surface area contributed by atoms with Gasteiger partial charge in [-0.15, -0.1) is 0 Å². The van der Waals surface area contributed by atoms with Crippen LogP contribution in [0, 0.1) is 18.7 Å². The number of nitrogens with one attached hydrogen (secondary N) is 1. The van der Waals surface area contributed by atoms with Crippen LogP contribution >= 0.6 is 11.3 Å². The second kappa shape index (κ2) is 8.57. The molecule has 0 spiro atoms. The largest absolute Gasteiger partial charge is 0.378 e. The Kier molecular flexibility index (Phi) is 5.92. The van der Waals surface area contributed by atoms with E-state index < -0.39 is 0 Å². The zero-order chi connectivity index (χ0) is 19.5. The van der Waals surface area contributed by atoms with E-state index >= 15 is 0 Å². The Hall–Kier alpha value is -1.99. The van der Waals surface area contributed by atoms with Crippen molar-refractivity contribution in [3.05, 3.63) is 46.2 Å². The highest BCUT2D eigenvalue weighted by Gasteiger charge is 2.30. The van der Waals surface area contributed by atoms with Gasteiger partial charge in [0.05, 0.1) is 18.9 Å². The molecule has 1 saturated carbocycles. The summed E-state index contributed by atoms with van der Waals surface area (Å²) in [5.74, 6) is 0.156. The van der Waals surface area contributed by atoms with Crippen molar-refractivity contribution in [2.45, 2.75) is 38.6 Å². The van der Waals surface area contributed by atoms with E-state index in [1.54, 1.807) is 0 Å². The van der Waals surface area contributed by atoms with E-state index in [1.807, 2.05) is 19.1 Å². The van der Waals surface area contributed by atoms with Crippen LogP contribution < -0.4 is 10.2 Å². The van der Waals surface area contributed by atoms with Gasteiger partial charge in [-0.05, 0) is 49.8 Å². The molecule has 2 fully saturated rings. The van der Waals surface area contributed by atoms with Crippen molar-refractivity contribution in [1.29, 1.82) is 0 Å². The Bertz CT molecular complexity index is 818. The standard InChI is InChI=1S/C21H26FN3O2S/c1-14-19(28-21(23-14)25-9-11-27-12-10-25)20(26)24-18-4-2-3-16(18)13-15-5-7-17(22)8-6-15/h5-8,16,18H,2-4,9-13H2,1H3,(H,24,26)/t16-,18-/m0/s1. The molecule has 1 amide bonds.